The molecule has 0 atom stereocenters. The van der Waals surface area contributed by atoms with Gasteiger partial charge in [0.05, 0.1) is 22.4 Å². The van der Waals surface area contributed by atoms with Gasteiger partial charge in [0.15, 0.2) is 0 Å². The van der Waals surface area contributed by atoms with E-state index in [-0.39, 0.29) is 0 Å². The van der Waals surface area contributed by atoms with Crippen molar-refractivity contribution in [1.29, 1.82) is 0 Å². The molecule has 0 unspecified atom stereocenters. The zero-order valence-corrected chi connectivity index (χ0v) is 27.3. The summed E-state index contributed by atoms with van der Waals surface area (Å²) in [6, 6.07) is 58.0. The standard InChI is InChI=1S/C44H34N6/c45-41-39(31-21-25-37(26-22-31)49(33-13-5-1-6-14-33)34-15-7-2-8-16-34)43-44(48-30-29-47-43)40(42(41)46)32-23-27-38(28-24-32)50(35-17-9-3-10-18-35)36-19-11-4-12-20-36/h1-30H,45-46H2. The van der Waals surface area contributed by atoms with Crippen LogP contribution in [-0.2, 0) is 0 Å². The second-order valence-corrected chi connectivity index (χ2v) is 11.9. The molecule has 50 heavy (non-hydrogen) atoms. The minimum absolute atomic E-state index is 0.475. The Labute approximate surface area is 291 Å². The molecular formula is C44H34N6. The van der Waals surface area contributed by atoms with Gasteiger partial charge in [-0.25, -0.2) is 0 Å². The normalized spacial score (nSPS) is 11.0. The quantitative estimate of drug-likeness (QED) is 0.160. The van der Waals surface area contributed by atoms with Crippen LogP contribution in [0.25, 0.3) is 33.3 Å². The second kappa shape index (κ2) is 13.3. The van der Waals surface area contributed by atoms with Gasteiger partial charge in [0.1, 0.15) is 0 Å². The van der Waals surface area contributed by atoms with Crippen molar-refractivity contribution >= 4 is 56.5 Å². The van der Waals surface area contributed by atoms with Crippen LogP contribution in [0.15, 0.2) is 182 Å². The van der Waals surface area contributed by atoms with Gasteiger partial charge in [-0.05, 0) is 83.9 Å². The van der Waals surface area contributed by atoms with Crippen molar-refractivity contribution in [3.63, 3.8) is 0 Å². The molecule has 0 bridgehead atoms. The molecule has 8 aromatic rings. The molecule has 0 aliphatic carbocycles. The number of hydrogen-bond donors (Lipinski definition) is 2. The van der Waals surface area contributed by atoms with Crippen LogP contribution in [0.3, 0.4) is 0 Å². The van der Waals surface area contributed by atoms with Crippen LogP contribution in [0.4, 0.5) is 45.5 Å². The molecule has 0 saturated carbocycles. The highest BCUT2D eigenvalue weighted by molar-refractivity contribution is 6.12. The van der Waals surface area contributed by atoms with E-state index in [1.54, 1.807) is 12.4 Å². The number of hydrogen-bond acceptors (Lipinski definition) is 6. The molecule has 6 nitrogen and oxygen atoms in total. The minimum atomic E-state index is 0.475. The van der Waals surface area contributed by atoms with Crippen molar-refractivity contribution in [2.75, 3.05) is 21.3 Å². The summed E-state index contributed by atoms with van der Waals surface area (Å²) in [5.74, 6) is 0. The Morgan fingerprint density at radius 3 is 0.860 bits per heavy atom. The van der Waals surface area contributed by atoms with Gasteiger partial charge < -0.3 is 21.3 Å². The molecule has 0 radical (unpaired) electrons. The molecule has 1 aromatic heterocycles. The van der Waals surface area contributed by atoms with Gasteiger partial charge in [0.25, 0.3) is 0 Å². The van der Waals surface area contributed by atoms with Crippen LogP contribution in [-0.4, -0.2) is 9.97 Å². The van der Waals surface area contributed by atoms with E-state index >= 15 is 0 Å². The van der Waals surface area contributed by atoms with Gasteiger partial charge in [0, 0.05) is 57.6 Å². The number of nitrogen functional groups attached to an aromatic ring is 2. The number of benzene rings is 7. The number of rotatable bonds is 8. The summed E-state index contributed by atoms with van der Waals surface area (Å²) >= 11 is 0. The highest BCUT2D eigenvalue weighted by Crippen LogP contribution is 2.45. The van der Waals surface area contributed by atoms with Crippen molar-refractivity contribution in [1.82, 2.24) is 9.97 Å². The molecule has 240 valence electrons. The summed E-state index contributed by atoms with van der Waals surface area (Å²) in [7, 11) is 0. The average Bonchev–Trinajstić information content (AvgIpc) is 3.18. The second-order valence-electron chi connectivity index (χ2n) is 11.9. The number of para-hydroxylation sites is 4. The molecule has 4 N–H and O–H groups in total. The number of nitrogens with zero attached hydrogens (tertiary/aromatic N) is 4. The zero-order chi connectivity index (χ0) is 33.9. The molecule has 0 spiro atoms. The van der Waals surface area contributed by atoms with Crippen LogP contribution >= 0.6 is 0 Å². The maximum Gasteiger partial charge on any atom is 0.0993 e. The number of fused-ring (bicyclic) bond motifs is 1. The van der Waals surface area contributed by atoms with E-state index in [9.17, 15) is 0 Å². The minimum Gasteiger partial charge on any atom is -0.396 e. The predicted octanol–water partition coefficient (Wildman–Crippen LogP) is 11.1. The molecule has 1 heterocycles. The van der Waals surface area contributed by atoms with E-state index < -0.39 is 0 Å². The van der Waals surface area contributed by atoms with Crippen LogP contribution in [0, 0.1) is 0 Å². The van der Waals surface area contributed by atoms with E-state index in [0.717, 1.165) is 56.4 Å². The van der Waals surface area contributed by atoms with Crippen molar-refractivity contribution in [3.8, 4) is 22.3 Å². The summed E-state index contributed by atoms with van der Waals surface area (Å²) in [6.07, 6.45) is 3.40. The Kier molecular flexibility index (Phi) is 8.09. The summed E-state index contributed by atoms with van der Waals surface area (Å²) in [4.78, 5) is 14.1. The molecule has 0 saturated heterocycles. The van der Waals surface area contributed by atoms with E-state index in [1.165, 1.54) is 0 Å². The fraction of sp³-hybridized carbons (Fsp3) is 0. The SMILES string of the molecule is Nc1c(N)c(-c2ccc(N(c3ccccc3)c3ccccc3)cc2)c2nccnc2c1-c1ccc(N(c2ccccc2)c2ccccc2)cc1. The first kappa shape index (κ1) is 30.4. The van der Waals surface area contributed by atoms with Crippen molar-refractivity contribution in [3.05, 3.63) is 182 Å². The van der Waals surface area contributed by atoms with Crippen molar-refractivity contribution in [2.24, 2.45) is 0 Å². The summed E-state index contributed by atoms with van der Waals surface area (Å²) in [6.45, 7) is 0. The van der Waals surface area contributed by atoms with Crippen LogP contribution in [0.2, 0.25) is 0 Å². The number of anilines is 8. The fourth-order valence-corrected chi connectivity index (χ4v) is 6.57. The van der Waals surface area contributed by atoms with Gasteiger partial charge >= 0.3 is 0 Å². The van der Waals surface area contributed by atoms with Crippen molar-refractivity contribution < 1.29 is 0 Å². The van der Waals surface area contributed by atoms with Gasteiger partial charge in [-0.3, -0.25) is 9.97 Å². The van der Waals surface area contributed by atoms with Crippen molar-refractivity contribution in [2.45, 2.75) is 0 Å². The highest BCUT2D eigenvalue weighted by atomic mass is 15.1. The third-order valence-electron chi connectivity index (χ3n) is 8.89. The zero-order valence-electron chi connectivity index (χ0n) is 27.3. The molecular weight excluding hydrogens is 613 g/mol. The van der Waals surface area contributed by atoms with Crippen LogP contribution in [0.1, 0.15) is 0 Å². The van der Waals surface area contributed by atoms with Gasteiger partial charge in [0.2, 0.25) is 0 Å². The molecule has 0 aliphatic rings. The first-order valence-electron chi connectivity index (χ1n) is 16.5. The van der Waals surface area contributed by atoms with E-state index in [0.29, 0.717) is 22.4 Å². The molecule has 0 fully saturated rings. The molecule has 0 amide bonds. The van der Waals surface area contributed by atoms with E-state index in [2.05, 4.69) is 107 Å². The Morgan fingerprint density at radius 2 is 0.580 bits per heavy atom. The van der Waals surface area contributed by atoms with Crippen LogP contribution < -0.4 is 21.3 Å². The third-order valence-corrected chi connectivity index (χ3v) is 8.89. The van der Waals surface area contributed by atoms with E-state index in [1.807, 2.05) is 72.8 Å². The fourth-order valence-electron chi connectivity index (χ4n) is 6.57. The lowest BCUT2D eigenvalue weighted by molar-refractivity contribution is 1.28. The van der Waals surface area contributed by atoms with Gasteiger partial charge in [-0.2, -0.15) is 0 Å². The largest absolute Gasteiger partial charge is 0.396 e. The molecule has 6 heteroatoms. The van der Waals surface area contributed by atoms with E-state index in [4.69, 9.17) is 21.4 Å². The number of aromatic nitrogens is 2. The molecule has 8 rings (SSSR count). The number of nitrogens with two attached hydrogens (primary N) is 2. The Hall–Kier alpha value is -6.92. The topological polar surface area (TPSA) is 84.3 Å². The first-order valence-corrected chi connectivity index (χ1v) is 16.5. The highest BCUT2D eigenvalue weighted by Gasteiger charge is 2.22. The maximum absolute atomic E-state index is 6.92. The summed E-state index contributed by atoms with van der Waals surface area (Å²) in [5.41, 5.74) is 25.8. The Morgan fingerprint density at radius 1 is 0.320 bits per heavy atom. The smallest absolute Gasteiger partial charge is 0.0993 e. The van der Waals surface area contributed by atoms with Gasteiger partial charge in [-0.1, -0.05) is 97.1 Å². The van der Waals surface area contributed by atoms with Crippen LogP contribution in [0.5, 0.6) is 0 Å². The summed E-state index contributed by atoms with van der Waals surface area (Å²) in [5, 5.41) is 0. The third kappa shape index (κ3) is 5.65. The average molecular weight is 647 g/mol. The van der Waals surface area contributed by atoms with Gasteiger partial charge in [-0.15, -0.1) is 0 Å². The maximum atomic E-state index is 6.92. The first-order chi connectivity index (χ1) is 24.7. The monoisotopic (exact) mass is 646 g/mol. The Bertz CT molecular complexity index is 2110. The lowest BCUT2D eigenvalue weighted by atomic mass is 9.93. The lowest BCUT2D eigenvalue weighted by Crippen LogP contribution is -2.10. The Balaban J connectivity index is 1.19. The summed E-state index contributed by atoms with van der Waals surface area (Å²) < 4.78 is 0. The molecule has 0 aliphatic heterocycles. The molecule has 7 aromatic carbocycles. The predicted molar refractivity (Wildman–Crippen MR) is 209 cm³/mol. The lowest BCUT2D eigenvalue weighted by Gasteiger charge is -2.26.